The van der Waals surface area contributed by atoms with E-state index in [-0.39, 0.29) is 5.91 Å². The standard InChI is InChI=1S/C22H31N5O/c1-15(2)18-7-6-8-19(16(3)4)20(18)25-21(28)17-13-23-22(24-14-17)27-11-9-26(5)10-12-27/h6-8,13-16H,9-12H2,1-5H3,(H,25,28). The number of carbonyl (C=O) groups excluding carboxylic acids is 1. The van der Waals surface area contributed by atoms with Crippen molar-refractivity contribution in [3.05, 3.63) is 47.3 Å². The number of nitrogens with one attached hydrogen (secondary N) is 1. The maximum Gasteiger partial charge on any atom is 0.258 e. The summed E-state index contributed by atoms with van der Waals surface area (Å²) in [6, 6.07) is 6.23. The SMILES string of the molecule is CC(C)c1cccc(C(C)C)c1NC(=O)c1cnc(N2CCN(C)CC2)nc1. The lowest BCUT2D eigenvalue weighted by Gasteiger charge is -2.32. The third-order valence-corrected chi connectivity index (χ3v) is 5.30. The molecule has 1 aliphatic rings. The predicted octanol–water partition coefficient (Wildman–Crippen LogP) is 3.73. The van der Waals surface area contributed by atoms with Gasteiger partial charge in [0.1, 0.15) is 0 Å². The van der Waals surface area contributed by atoms with Crippen LogP contribution in [0, 0.1) is 0 Å². The minimum atomic E-state index is -0.167. The summed E-state index contributed by atoms with van der Waals surface area (Å²) in [5.41, 5.74) is 3.69. The zero-order chi connectivity index (χ0) is 20.3. The van der Waals surface area contributed by atoms with Crippen LogP contribution in [0.4, 0.5) is 11.6 Å². The molecule has 3 rings (SSSR count). The van der Waals surface area contributed by atoms with Crippen LogP contribution in [0.15, 0.2) is 30.6 Å². The first-order chi connectivity index (χ1) is 13.4. The van der Waals surface area contributed by atoms with Crippen molar-refractivity contribution in [1.82, 2.24) is 14.9 Å². The van der Waals surface area contributed by atoms with E-state index in [0.29, 0.717) is 23.3 Å². The minimum absolute atomic E-state index is 0.167. The number of nitrogens with zero attached hydrogens (tertiary/aromatic N) is 4. The Morgan fingerprint density at radius 2 is 1.50 bits per heavy atom. The molecule has 0 bridgehead atoms. The fourth-order valence-corrected chi connectivity index (χ4v) is 3.49. The first-order valence-corrected chi connectivity index (χ1v) is 10.1. The van der Waals surface area contributed by atoms with Gasteiger partial charge in [-0.1, -0.05) is 45.9 Å². The van der Waals surface area contributed by atoms with E-state index in [0.717, 1.165) is 43.0 Å². The van der Waals surface area contributed by atoms with Crippen LogP contribution in [0.3, 0.4) is 0 Å². The molecule has 0 unspecified atom stereocenters. The van der Waals surface area contributed by atoms with E-state index in [1.165, 1.54) is 0 Å². The van der Waals surface area contributed by atoms with Gasteiger partial charge < -0.3 is 15.1 Å². The van der Waals surface area contributed by atoms with Crippen molar-refractivity contribution in [2.24, 2.45) is 0 Å². The molecule has 150 valence electrons. The van der Waals surface area contributed by atoms with Gasteiger partial charge in [-0.25, -0.2) is 9.97 Å². The molecular weight excluding hydrogens is 350 g/mol. The van der Waals surface area contributed by atoms with Crippen LogP contribution in [-0.4, -0.2) is 54.0 Å². The monoisotopic (exact) mass is 381 g/mol. The number of hydrogen-bond donors (Lipinski definition) is 1. The molecule has 2 heterocycles. The van der Waals surface area contributed by atoms with Gasteiger partial charge in [-0.05, 0) is 30.0 Å². The lowest BCUT2D eigenvalue weighted by Crippen LogP contribution is -2.45. The zero-order valence-corrected chi connectivity index (χ0v) is 17.6. The lowest BCUT2D eigenvalue weighted by atomic mass is 9.92. The normalized spacial score (nSPS) is 15.3. The molecular formula is C22H31N5O. The minimum Gasteiger partial charge on any atom is -0.338 e. The number of likely N-dealkylation sites (N-methyl/N-ethyl adjacent to an activating group) is 1. The lowest BCUT2D eigenvalue weighted by molar-refractivity contribution is 0.102. The first kappa shape index (κ1) is 20.3. The molecule has 0 spiro atoms. The molecule has 1 saturated heterocycles. The Labute approximate surface area is 168 Å². The van der Waals surface area contributed by atoms with Crippen LogP contribution in [0.2, 0.25) is 0 Å². The second kappa shape index (κ2) is 8.69. The number of aromatic nitrogens is 2. The van der Waals surface area contributed by atoms with Crippen LogP contribution in [-0.2, 0) is 0 Å². The number of amides is 1. The van der Waals surface area contributed by atoms with Gasteiger partial charge in [0.25, 0.3) is 5.91 Å². The third-order valence-electron chi connectivity index (χ3n) is 5.30. The van der Waals surface area contributed by atoms with E-state index in [9.17, 15) is 4.79 Å². The number of piperazine rings is 1. The number of rotatable bonds is 5. The van der Waals surface area contributed by atoms with Gasteiger partial charge in [-0.3, -0.25) is 4.79 Å². The van der Waals surface area contributed by atoms with Crippen LogP contribution in [0.25, 0.3) is 0 Å². The van der Waals surface area contributed by atoms with E-state index in [1.54, 1.807) is 12.4 Å². The Kier molecular flexibility index (Phi) is 6.29. The van der Waals surface area contributed by atoms with Crippen molar-refractivity contribution in [2.45, 2.75) is 39.5 Å². The van der Waals surface area contributed by atoms with Crippen molar-refractivity contribution in [3.8, 4) is 0 Å². The van der Waals surface area contributed by atoms with Crippen molar-refractivity contribution in [1.29, 1.82) is 0 Å². The Hall–Kier alpha value is -2.47. The highest BCUT2D eigenvalue weighted by molar-refractivity contribution is 6.04. The summed E-state index contributed by atoms with van der Waals surface area (Å²) < 4.78 is 0. The average molecular weight is 382 g/mol. The quantitative estimate of drug-likeness (QED) is 0.855. The van der Waals surface area contributed by atoms with Crippen molar-refractivity contribution < 1.29 is 4.79 Å². The van der Waals surface area contributed by atoms with Crippen molar-refractivity contribution >= 4 is 17.5 Å². The summed E-state index contributed by atoms with van der Waals surface area (Å²) in [4.78, 5) is 26.2. The van der Waals surface area contributed by atoms with E-state index in [2.05, 4.69) is 78.0 Å². The van der Waals surface area contributed by atoms with Crippen molar-refractivity contribution in [2.75, 3.05) is 43.4 Å². The second-order valence-corrected chi connectivity index (χ2v) is 8.14. The molecule has 1 N–H and O–H groups in total. The Balaban J connectivity index is 1.78. The first-order valence-electron chi connectivity index (χ1n) is 10.1. The molecule has 6 heteroatoms. The molecule has 2 aromatic rings. The summed E-state index contributed by atoms with van der Waals surface area (Å²) >= 11 is 0. The van der Waals surface area contributed by atoms with Crippen LogP contribution >= 0.6 is 0 Å². The molecule has 0 aliphatic carbocycles. The largest absolute Gasteiger partial charge is 0.338 e. The van der Waals surface area contributed by atoms with Gasteiger partial charge in [0.15, 0.2) is 0 Å². The molecule has 6 nitrogen and oxygen atoms in total. The summed E-state index contributed by atoms with van der Waals surface area (Å²) in [6.07, 6.45) is 3.26. The fourth-order valence-electron chi connectivity index (χ4n) is 3.49. The van der Waals surface area contributed by atoms with Gasteiger partial charge in [0, 0.05) is 44.3 Å². The zero-order valence-electron chi connectivity index (χ0n) is 17.6. The average Bonchev–Trinajstić information content (AvgIpc) is 2.68. The van der Waals surface area contributed by atoms with Gasteiger partial charge >= 0.3 is 0 Å². The Morgan fingerprint density at radius 3 is 2.00 bits per heavy atom. The predicted molar refractivity (Wildman–Crippen MR) is 114 cm³/mol. The van der Waals surface area contributed by atoms with Gasteiger partial charge in [0.05, 0.1) is 5.56 Å². The molecule has 1 aliphatic heterocycles. The Morgan fingerprint density at radius 1 is 0.964 bits per heavy atom. The van der Waals surface area contributed by atoms with Crippen LogP contribution in [0.1, 0.15) is 61.0 Å². The summed E-state index contributed by atoms with van der Waals surface area (Å²) in [6.45, 7) is 12.4. The molecule has 1 fully saturated rings. The van der Waals surface area contributed by atoms with Gasteiger partial charge in [-0.2, -0.15) is 0 Å². The Bertz CT molecular complexity index is 782. The van der Waals surface area contributed by atoms with Crippen LogP contribution in [0.5, 0.6) is 0 Å². The molecule has 1 aromatic carbocycles. The summed E-state index contributed by atoms with van der Waals surface area (Å²) in [5.74, 6) is 1.17. The number of anilines is 2. The fraction of sp³-hybridized carbons (Fsp3) is 0.500. The number of benzene rings is 1. The topological polar surface area (TPSA) is 61.4 Å². The number of hydrogen-bond acceptors (Lipinski definition) is 5. The summed E-state index contributed by atoms with van der Waals surface area (Å²) in [5, 5.41) is 3.12. The molecule has 28 heavy (non-hydrogen) atoms. The van der Waals surface area contributed by atoms with Gasteiger partial charge in [0.2, 0.25) is 5.95 Å². The van der Waals surface area contributed by atoms with E-state index in [4.69, 9.17) is 0 Å². The smallest absolute Gasteiger partial charge is 0.258 e. The van der Waals surface area contributed by atoms with E-state index < -0.39 is 0 Å². The highest BCUT2D eigenvalue weighted by atomic mass is 16.1. The second-order valence-electron chi connectivity index (χ2n) is 8.14. The maximum absolute atomic E-state index is 12.9. The molecule has 0 atom stereocenters. The molecule has 0 radical (unpaired) electrons. The number of para-hydroxylation sites is 1. The highest BCUT2D eigenvalue weighted by Gasteiger charge is 2.19. The summed E-state index contributed by atoms with van der Waals surface area (Å²) in [7, 11) is 2.12. The molecule has 1 aromatic heterocycles. The third kappa shape index (κ3) is 4.50. The van der Waals surface area contributed by atoms with Crippen molar-refractivity contribution in [3.63, 3.8) is 0 Å². The van der Waals surface area contributed by atoms with Crippen LogP contribution < -0.4 is 10.2 Å². The van der Waals surface area contributed by atoms with E-state index in [1.807, 2.05) is 0 Å². The molecule has 1 amide bonds. The van der Waals surface area contributed by atoms with E-state index >= 15 is 0 Å². The highest BCUT2D eigenvalue weighted by Crippen LogP contribution is 2.32. The molecule has 0 saturated carbocycles. The maximum atomic E-state index is 12.9. The van der Waals surface area contributed by atoms with Gasteiger partial charge in [-0.15, -0.1) is 0 Å². The number of carbonyl (C=O) groups is 1.